The van der Waals surface area contributed by atoms with Gasteiger partial charge < -0.3 is 20.8 Å². The Morgan fingerprint density at radius 3 is 3.15 bits per heavy atom. The van der Waals surface area contributed by atoms with Gasteiger partial charge in [0, 0.05) is 54.5 Å². The molecule has 0 saturated carbocycles. The maximum atomic E-state index is 13.2. The molecule has 1 amide bonds. The minimum Gasteiger partial charge on any atom is -0.394 e. The highest BCUT2D eigenvalue weighted by molar-refractivity contribution is 6.29. The standard InChI is InChI=1S/C18H21ClFN5O2/c19-14-3-4-15(23-9-14)17(21)24-27-11-12-2-1-7-25(10-12)18(26)13-5-6-22-16(20)8-13/h4-6,8-9,12,23H,1-3,7,10-11H2,(H2,21,24)/t12-/m0/s1. The number of hydrogen-bond donors (Lipinski definition) is 2. The normalized spacial score (nSPS) is 20.4. The number of piperidine rings is 1. The number of halogens is 2. The number of carbonyl (C=O) groups excluding carboxylic acids is 1. The number of nitrogens with one attached hydrogen (secondary N) is 1. The SMILES string of the molecule is N/C(=N\OC[C@H]1CCCN(C(=O)c2ccnc(F)c2)C1)C1=CCC(Cl)=CN1. The molecule has 0 aromatic carbocycles. The number of pyridine rings is 1. The molecule has 0 spiro atoms. The fourth-order valence-electron chi connectivity index (χ4n) is 3.02. The summed E-state index contributed by atoms with van der Waals surface area (Å²) in [6.45, 7) is 1.51. The molecule has 7 nitrogen and oxygen atoms in total. The zero-order valence-corrected chi connectivity index (χ0v) is 15.5. The molecule has 27 heavy (non-hydrogen) atoms. The molecule has 1 aromatic rings. The molecule has 3 heterocycles. The van der Waals surface area contributed by atoms with Gasteiger partial charge >= 0.3 is 0 Å². The highest BCUT2D eigenvalue weighted by Gasteiger charge is 2.25. The first-order valence-electron chi connectivity index (χ1n) is 8.71. The number of nitrogens with zero attached hydrogens (tertiary/aromatic N) is 3. The van der Waals surface area contributed by atoms with Crippen molar-refractivity contribution in [1.29, 1.82) is 0 Å². The molecule has 2 aliphatic heterocycles. The zero-order valence-electron chi connectivity index (χ0n) is 14.7. The van der Waals surface area contributed by atoms with E-state index in [1.165, 1.54) is 12.3 Å². The molecule has 2 aliphatic rings. The summed E-state index contributed by atoms with van der Waals surface area (Å²) in [7, 11) is 0. The van der Waals surface area contributed by atoms with Gasteiger partial charge in [-0.25, -0.2) is 4.98 Å². The molecule has 0 radical (unpaired) electrons. The quantitative estimate of drug-likeness (QED) is 0.346. The van der Waals surface area contributed by atoms with Crippen LogP contribution in [0.2, 0.25) is 0 Å². The van der Waals surface area contributed by atoms with Gasteiger partial charge in [-0.3, -0.25) is 4.79 Å². The second-order valence-corrected chi connectivity index (χ2v) is 6.94. The van der Waals surface area contributed by atoms with E-state index < -0.39 is 5.95 Å². The highest BCUT2D eigenvalue weighted by atomic mass is 35.5. The van der Waals surface area contributed by atoms with Crippen molar-refractivity contribution < 1.29 is 14.0 Å². The van der Waals surface area contributed by atoms with E-state index in [1.54, 1.807) is 11.1 Å². The van der Waals surface area contributed by atoms with Crippen molar-refractivity contribution in [1.82, 2.24) is 15.2 Å². The van der Waals surface area contributed by atoms with Gasteiger partial charge in [-0.15, -0.1) is 0 Å². The molecular formula is C18H21ClFN5O2. The molecule has 144 valence electrons. The molecular weight excluding hydrogens is 373 g/mol. The van der Waals surface area contributed by atoms with E-state index in [2.05, 4.69) is 15.5 Å². The molecule has 1 atom stereocenters. The molecule has 3 rings (SSSR count). The molecule has 3 N–H and O–H groups in total. The number of rotatable bonds is 5. The van der Waals surface area contributed by atoms with Gasteiger partial charge in [0.15, 0.2) is 5.84 Å². The second-order valence-electron chi connectivity index (χ2n) is 6.46. The smallest absolute Gasteiger partial charge is 0.254 e. The van der Waals surface area contributed by atoms with E-state index in [-0.39, 0.29) is 17.7 Å². The molecule has 1 fully saturated rings. The lowest BCUT2D eigenvalue weighted by Gasteiger charge is -2.32. The van der Waals surface area contributed by atoms with Crippen molar-refractivity contribution in [2.45, 2.75) is 19.3 Å². The van der Waals surface area contributed by atoms with Crippen molar-refractivity contribution >= 4 is 23.3 Å². The summed E-state index contributed by atoms with van der Waals surface area (Å²) in [5.74, 6) is -0.492. The Bertz CT molecular complexity index is 796. The van der Waals surface area contributed by atoms with Crippen LogP contribution in [0, 0.1) is 11.9 Å². The second kappa shape index (κ2) is 8.85. The Hall–Kier alpha value is -2.61. The van der Waals surface area contributed by atoms with Crippen molar-refractivity contribution in [3.8, 4) is 0 Å². The predicted octanol–water partition coefficient (Wildman–Crippen LogP) is 2.32. The maximum absolute atomic E-state index is 13.2. The lowest BCUT2D eigenvalue weighted by molar-refractivity contribution is 0.0487. The monoisotopic (exact) mass is 393 g/mol. The highest BCUT2D eigenvalue weighted by Crippen LogP contribution is 2.19. The van der Waals surface area contributed by atoms with Crippen LogP contribution in [0.3, 0.4) is 0 Å². The van der Waals surface area contributed by atoms with Crippen molar-refractivity contribution in [2.24, 2.45) is 16.8 Å². The first kappa shape index (κ1) is 19.2. The summed E-state index contributed by atoms with van der Waals surface area (Å²) < 4.78 is 13.2. The van der Waals surface area contributed by atoms with Crippen molar-refractivity contribution in [3.63, 3.8) is 0 Å². The third kappa shape index (κ3) is 5.19. The van der Waals surface area contributed by atoms with Gasteiger partial charge in [0.2, 0.25) is 5.95 Å². The molecule has 0 bridgehead atoms. The number of oxime groups is 1. The zero-order chi connectivity index (χ0) is 19.2. The van der Waals surface area contributed by atoms with Gasteiger partial charge in [-0.1, -0.05) is 22.8 Å². The van der Waals surface area contributed by atoms with E-state index in [4.69, 9.17) is 22.2 Å². The summed E-state index contributed by atoms with van der Waals surface area (Å²) in [5.41, 5.74) is 6.84. The predicted molar refractivity (Wildman–Crippen MR) is 100 cm³/mol. The topological polar surface area (TPSA) is 92.8 Å². The third-order valence-electron chi connectivity index (χ3n) is 4.41. The fourth-order valence-corrected chi connectivity index (χ4v) is 3.15. The number of likely N-dealkylation sites (tertiary alicyclic amines) is 1. The van der Waals surface area contributed by atoms with Gasteiger partial charge in [0.1, 0.15) is 6.61 Å². The number of amidine groups is 1. The summed E-state index contributed by atoms with van der Waals surface area (Å²) in [4.78, 5) is 23.1. The van der Waals surface area contributed by atoms with E-state index in [0.717, 1.165) is 18.9 Å². The Morgan fingerprint density at radius 1 is 1.56 bits per heavy atom. The Balaban J connectivity index is 1.51. The van der Waals surface area contributed by atoms with E-state index in [0.29, 0.717) is 42.4 Å². The third-order valence-corrected chi connectivity index (χ3v) is 4.68. The number of amides is 1. The number of hydrogen-bond acceptors (Lipinski definition) is 5. The average molecular weight is 394 g/mol. The number of aromatic nitrogens is 1. The number of carbonyl (C=O) groups is 1. The number of allylic oxidation sites excluding steroid dienone is 2. The summed E-state index contributed by atoms with van der Waals surface area (Å²) in [6.07, 6.45) is 7.15. The summed E-state index contributed by atoms with van der Waals surface area (Å²) in [5, 5.41) is 7.57. The van der Waals surface area contributed by atoms with Crippen LogP contribution >= 0.6 is 11.6 Å². The molecule has 9 heteroatoms. The van der Waals surface area contributed by atoms with E-state index in [9.17, 15) is 9.18 Å². The van der Waals surface area contributed by atoms with E-state index >= 15 is 0 Å². The Labute approximate surface area is 161 Å². The number of dihydropyridines is 1. The first-order valence-corrected chi connectivity index (χ1v) is 9.08. The van der Waals surface area contributed by atoms with Crippen LogP contribution < -0.4 is 11.1 Å². The van der Waals surface area contributed by atoms with E-state index in [1.807, 2.05) is 6.08 Å². The van der Waals surface area contributed by atoms with Crippen LogP contribution in [0.25, 0.3) is 0 Å². The molecule has 1 aromatic heterocycles. The Kier molecular flexibility index (Phi) is 6.28. The maximum Gasteiger partial charge on any atom is 0.254 e. The van der Waals surface area contributed by atoms with Crippen LogP contribution in [-0.2, 0) is 4.84 Å². The molecule has 1 saturated heterocycles. The van der Waals surface area contributed by atoms with Crippen LogP contribution in [0.1, 0.15) is 29.6 Å². The van der Waals surface area contributed by atoms with Gasteiger partial charge in [-0.05, 0) is 18.9 Å². The van der Waals surface area contributed by atoms with Crippen LogP contribution in [0.4, 0.5) is 4.39 Å². The van der Waals surface area contributed by atoms with Crippen LogP contribution in [-0.4, -0.2) is 41.3 Å². The minimum atomic E-state index is -0.663. The minimum absolute atomic E-state index is 0.133. The number of nitrogens with two attached hydrogens (primary N) is 1. The van der Waals surface area contributed by atoms with Crippen LogP contribution in [0.15, 0.2) is 46.5 Å². The van der Waals surface area contributed by atoms with Crippen molar-refractivity contribution in [3.05, 3.63) is 52.8 Å². The lowest BCUT2D eigenvalue weighted by Crippen LogP contribution is -2.41. The van der Waals surface area contributed by atoms with Gasteiger partial charge in [0.05, 0.1) is 5.70 Å². The molecule has 0 unspecified atom stereocenters. The first-order chi connectivity index (χ1) is 13.0. The molecule has 0 aliphatic carbocycles. The van der Waals surface area contributed by atoms with Gasteiger partial charge in [-0.2, -0.15) is 4.39 Å². The van der Waals surface area contributed by atoms with Crippen molar-refractivity contribution in [2.75, 3.05) is 19.7 Å². The largest absolute Gasteiger partial charge is 0.394 e. The van der Waals surface area contributed by atoms with Gasteiger partial charge in [0.25, 0.3) is 5.91 Å². The Morgan fingerprint density at radius 2 is 2.41 bits per heavy atom. The summed E-state index contributed by atoms with van der Waals surface area (Å²) in [6, 6.07) is 2.67. The average Bonchev–Trinajstić information content (AvgIpc) is 2.68. The van der Waals surface area contributed by atoms with Crippen LogP contribution in [0.5, 0.6) is 0 Å². The lowest BCUT2D eigenvalue weighted by atomic mass is 9.98. The fraction of sp³-hybridized carbons (Fsp3) is 0.389. The summed E-state index contributed by atoms with van der Waals surface area (Å²) >= 11 is 5.87.